The summed E-state index contributed by atoms with van der Waals surface area (Å²) in [5.74, 6) is 1.28. The molecule has 0 saturated heterocycles. The molecule has 0 unspecified atom stereocenters. The van der Waals surface area contributed by atoms with E-state index in [1.807, 2.05) is 25.4 Å². The molecule has 11 heavy (non-hydrogen) atoms. The Morgan fingerprint density at radius 1 is 1.82 bits per heavy atom. The summed E-state index contributed by atoms with van der Waals surface area (Å²) in [6, 6.07) is 0. The van der Waals surface area contributed by atoms with Crippen molar-refractivity contribution in [2.75, 3.05) is 11.5 Å². The molecule has 0 bridgehead atoms. The van der Waals surface area contributed by atoms with E-state index in [9.17, 15) is 0 Å². The van der Waals surface area contributed by atoms with Crippen LogP contribution in [0.4, 0.5) is 5.82 Å². The topological polar surface area (TPSA) is 43.8 Å². The molecule has 0 aliphatic rings. The fourth-order valence-corrected chi connectivity index (χ4v) is 0.937. The fourth-order valence-electron chi connectivity index (χ4n) is 0.832. The normalized spacial score (nSPS) is 11.1. The minimum absolute atomic E-state index is 0.561. The van der Waals surface area contributed by atoms with Crippen LogP contribution in [0.3, 0.4) is 0 Å². The second-order valence-corrected chi connectivity index (χ2v) is 2.59. The van der Waals surface area contributed by atoms with Gasteiger partial charge < -0.3 is 5.73 Å². The van der Waals surface area contributed by atoms with Crippen LogP contribution in [-0.4, -0.2) is 15.5 Å². The van der Waals surface area contributed by atoms with E-state index in [-0.39, 0.29) is 0 Å². The van der Waals surface area contributed by atoms with E-state index in [1.165, 1.54) is 0 Å². The van der Waals surface area contributed by atoms with Crippen LogP contribution in [0.1, 0.15) is 5.56 Å². The molecule has 1 rings (SSSR count). The second-order valence-electron chi connectivity index (χ2n) is 2.23. The molecule has 0 amide bonds. The lowest BCUT2D eigenvalue weighted by molar-refractivity contribution is 0.772. The van der Waals surface area contributed by atoms with Crippen LogP contribution in [0.5, 0.6) is 0 Å². The van der Waals surface area contributed by atoms with Crippen molar-refractivity contribution in [3.05, 3.63) is 17.8 Å². The summed E-state index contributed by atoms with van der Waals surface area (Å²) in [6.07, 6.45) is 5.71. The molecular weight excluding hydrogens is 158 g/mol. The Kier molecular flexibility index (Phi) is 2.59. The predicted molar refractivity (Wildman–Crippen MR) is 50.5 cm³/mol. The van der Waals surface area contributed by atoms with Gasteiger partial charge in [0.15, 0.2) is 5.82 Å². The highest BCUT2D eigenvalue weighted by Crippen LogP contribution is 2.09. The largest absolute Gasteiger partial charge is 0.382 e. The Morgan fingerprint density at radius 3 is 3.00 bits per heavy atom. The number of hydrogen-bond acceptors (Lipinski definition) is 3. The van der Waals surface area contributed by atoms with Gasteiger partial charge in [0.25, 0.3) is 0 Å². The number of anilines is 1. The Morgan fingerprint density at radius 2 is 2.55 bits per heavy atom. The minimum Gasteiger partial charge on any atom is -0.382 e. The first-order valence-corrected chi connectivity index (χ1v) is 3.94. The first-order chi connectivity index (χ1) is 5.24. The maximum atomic E-state index is 5.57. The zero-order valence-electron chi connectivity index (χ0n) is 6.36. The summed E-state index contributed by atoms with van der Waals surface area (Å²) in [7, 11) is 1.84. The van der Waals surface area contributed by atoms with Gasteiger partial charge in [-0.2, -0.15) is 17.7 Å². The van der Waals surface area contributed by atoms with E-state index in [1.54, 1.807) is 4.68 Å². The number of nitrogens with two attached hydrogens (primary N) is 1. The maximum absolute atomic E-state index is 5.57. The van der Waals surface area contributed by atoms with Crippen LogP contribution >= 0.6 is 12.6 Å². The standard InChI is InChI=1S/C7H11N3S/c1-10-5-6(3-2-4-11)7(8)9-10/h2-3,5,11H,4H2,1H3,(H2,8,9). The molecular formula is C7H11N3S. The van der Waals surface area contributed by atoms with Gasteiger partial charge in [0.1, 0.15) is 0 Å². The summed E-state index contributed by atoms with van der Waals surface area (Å²) in [5.41, 5.74) is 6.52. The van der Waals surface area contributed by atoms with Gasteiger partial charge >= 0.3 is 0 Å². The van der Waals surface area contributed by atoms with Gasteiger partial charge in [0.05, 0.1) is 0 Å². The molecule has 60 valence electrons. The van der Waals surface area contributed by atoms with Crippen molar-refractivity contribution < 1.29 is 0 Å². The van der Waals surface area contributed by atoms with Crippen LogP contribution in [0, 0.1) is 0 Å². The van der Waals surface area contributed by atoms with Gasteiger partial charge in [-0.1, -0.05) is 12.2 Å². The molecule has 0 aromatic carbocycles. The van der Waals surface area contributed by atoms with Gasteiger partial charge in [-0.25, -0.2) is 0 Å². The van der Waals surface area contributed by atoms with Crippen molar-refractivity contribution in [1.29, 1.82) is 0 Å². The molecule has 0 aliphatic heterocycles. The predicted octanol–water partition coefficient (Wildman–Crippen LogP) is 0.945. The highest BCUT2D eigenvalue weighted by Gasteiger charge is 1.97. The van der Waals surface area contributed by atoms with E-state index < -0.39 is 0 Å². The Bertz CT molecular complexity index is 265. The fraction of sp³-hybridized carbons (Fsp3) is 0.286. The van der Waals surface area contributed by atoms with Crippen molar-refractivity contribution in [2.24, 2.45) is 7.05 Å². The highest BCUT2D eigenvalue weighted by atomic mass is 32.1. The Balaban J connectivity index is 2.85. The quantitative estimate of drug-likeness (QED) is 0.647. The van der Waals surface area contributed by atoms with Crippen molar-refractivity contribution in [3.8, 4) is 0 Å². The molecule has 0 radical (unpaired) electrons. The van der Waals surface area contributed by atoms with E-state index in [4.69, 9.17) is 5.73 Å². The summed E-state index contributed by atoms with van der Waals surface area (Å²) in [4.78, 5) is 0. The third kappa shape index (κ3) is 2.01. The van der Waals surface area contributed by atoms with Gasteiger partial charge in [-0.05, 0) is 0 Å². The van der Waals surface area contributed by atoms with Crippen molar-refractivity contribution in [3.63, 3.8) is 0 Å². The number of aromatic nitrogens is 2. The number of nitrogen functional groups attached to an aromatic ring is 1. The number of aryl methyl sites for hydroxylation is 1. The maximum Gasteiger partial charge on any atom is 0.152 e. The minimum atomic E-state index is 0.561. The molecule has 2 N–H and O–H groups in total. The lowest BCUT2D eigenvalue weighted by Crippen LogP contribution is -1.90. The number of thiol groups is 1. The van der Waals surface area contributed by atoms with Crippen LogP contribution in [0.15, 0.2) is 12.3 Å². The lowest BCUT2D eigenvalue weighted by atomic mass is 10.3. The van der Waals surface area contributed by atoms with Crippen LogP contribution in [0.25, 0.3) is 6.08 Å². The molecule has 0 saturated carbocycles. The molecule has 0 aliphatic carbocycles. The molecule has 1 aromatic rings. The van der Waals surface area contributed by atoms with Gasteiger partial charge in [0, 0.05) is 24.6 Å². The third-order valence-electron chi connectivity index (χ3n) is 1.29. The van der Waals surface area contributed by atoms with E-state index in [0.717, 1.165) is 5.56 Å². The summed E-state index contributed by atoms with van der Waals surface area (Å²) >= 11 is 4.04. The SMILES string of the molecule is Cn1cc(C=CCS)c(N)n1. The molecule has 0 fully saturated rings. The summed E-state index contributed by atoms with van der Waals surface area (Å²) in [6.45, 7) is 0. The van der Waals surface area contributed by atoms with Crippen molar-refractivity contribution in [1.82, 2.24) is 9.78 Å². The van der Waals surface area contributed by atoms with Gasteiger partial charge in [0.2, 0.25) is 0 Å². The number of nitrogens with zero attached hydrogens (tertiary/aromatic N) is 2. The smallest absolute Gasteiger partial charge is 0.152 e. The molecule has 0 atom stereocenters. The monoisotopic (exact) mass is 169 g/mol. The number of rotatable bonds is 2. The third-order valence-corrected chi connectivity index (χ3v) is 1.50. The summed E-state index contributed by atoms with van der Waals surface area (Å²) in [5, 5.41) is 3.98. The second kappa shape index (κ2) is 3.48. The summed E-state index contributed by atoms with van der Waals surface area (Å²) < 4.78 is 1.69. The highest BCUT2D eigenvalue weighted by molar-refractivity contribution is 7.80. The van der Waals surface area contributed by atoms with Crippen LogP contribution < -0.4 is 5.73 Å². The molecule has 1 heterocycles. The average Bonchev–Trinajstić information content (AvgIpc) is 2.26. The van der Waals surface area contributed by atoms with Gasteiger partial charge in [-0.15, -0.1) is 0 Å². The molecule has 4 heteroatoms. The van der Waals surface area contributed by atoms with Crippen molar-refractivity contribution >= 4 is 24.5 Å². The molecule has 0 spiro atoms. The van der Waals surface area contributed by atoms with E-state index in [2.05, 4.69) is 17.7 Å². The first-order valence-electron chi connectivity index (χ1n) is 3.30. The zero-order chi connectivity index (χ0) is 8.27. The van der Waals surface area contributed by atoms with Crippen LogP contribution in [0.2, 0.25) is 0 Å². The van der Waals surface area contributed by atoms with E-state index >= 15 is 0 Å². The van der Waals surface area contributed by atoms with Gasteiger partial charge in [-0.3, -0.25) is 4.68 Å². The first kappa shape index (κ1) is 8.20. The van der Waals surface area contributed by atoms with Crippen molar-refractivity contribution in [2.45, 2.75) is 0 Å². The lowest BCUT2D eigenvalue weighted by Gasteiger charge is -1.84. The average molecular weight is 169 g/mol. The van der Waals surface area contributed by atoms with E-state index in [0.29, 0.717) is 11.6 Å². The Labute approximate surface area is 71.3 Å². The molecule has 1 aromatic heterocycles. The zero-order valence-corrected chi connectivity index (χ0v) is 7.25. The van der Waals surface area contributed by atoms with Crippen LogP contribution in [-0.2, 0) is 7.05 Å². The Hall–Kier alpha value is -0.900. The number of hydrogen-bond donors (Lipinski definition) is 2. The molecule has 3 nitrogen and oxygen atoms in total.